The third kappa shape index (κ3) is 6.28. The molecule has 41 heavy (non-hydrogen) atoms. The number of allylic oxidation sites excluding steroid dienone is 4. The Morgan fingerprint density at radius 3 is 2.68 bits per heavy atom. The largest absolute Gasteiger partial charge is 0.383 e. The third-order valence-electron chi connectivity index (χ3n) is 7.42. The summed E-state index contributed by atoms with van der Waals surface area (Å²) in [6.45, 7) is 10.2. The van der Waals surface area contributed by atoms with Crippen molar-refractivity contribution in [1.82, 2.24) is 29.7 Å². The molecule has 8 heteroatoms. The lowest BCUT2D eigenvalue weighted by Gasteiger charge is -2.25. The summed E-state index contributed by atoms with van der Waals surface area (Å²) in [6.07, 6.45) is 12.4. The Hall–Kier alpha value is -4.56. The summed E-state index contributed by atoms with van der Waals surface area (Å²) in [7, 11) is 0. The van der Waals surface area contributed by atoms with E-state index in [9.17, 15) is 4.79 Å². The van der Waals surface area contributed by atoms with E-state index in [0.717, 1.165) is 72.6 Å². The Bertz CT molecular complexity index is 1600. The van der Waals surface area contributed by atoms with Gasteiger partial charge in [-0.3, -0.25) is 14.3 Å². The maximum absolute atomic E-state index is 11.9. The van der Waals surface area contributed by atoms with E-state index in [1.165, 1.54) is 11.6 Å². The van der Waals surface area contributed by atoms with Gasteiger partial charge in [-0.15, -0.1) is 0 Å². The highest BCUT2D eigenvalue weighted by Gasteiger charge is 2.21. The monoisotopic (exact) mass is 547 g/mol. The van der Waals surface area contributed by atoms with E-state index in [4.69, 9.17) is 15.7 Å². The molecule has 3 aromatic heterocycles. The van der Waals surface area contributed by atoms with Crippen molar-refractivity contribution in [3.63, 3.8) is 0 Å². The molecule has 0 radical (unpaired) electrons. The van der Waals surface area contributed by atoms with Crippen molar-refractivity contribution in [3.05, 3.63) is 96.9 Å². The fourth-order valence-corrected chi connectivity index (χ4v) is 5.41. The van der Waals surface area contributed by atoms with Crippen LogP contribution in [0.5, 0.6) is 0 Å². The minimum Gasteiger partial charge on any atom is -0.383 e. The number of hydrogen-bond donors (Lipinski definition) is 2. The first kappa shape index (κ1) is 28.0. The standard InChI is InChI=1S/C33H37N7O/c1-4-10-24(5-2)28-17-18-29-33(37-28)40(32(38-29)27-12-9-19-35-31(27)34)26-15-13-23(14-16-26)21-39-20-8-7-11-25(22-39)36-30(41)6-3/h4-6,9-10,12-19,25H,3,7-8,11,20-22H2,1-2H3,(H2,34,35)(H,36,41)/b10-4-,24-5+. The van der Waals surface area contributed by atoms with Crippen molar-refractivity contribution < 1.29 is 4.79 Å². The maximum Gasteiger partial charge on any atom is 0.243 e. The number of imidazole rings is 1. The Kier molecular flexibility index (Phi) is 8.70. The van der Waals surface area contributed by atoms with Crippen LogP contribution in [0.4, 0.5) is 5.82 Å². The summed E-state index contributed by atoms with van der Waals surface area (Å²) < 4.78 is 2.06. The minimum absolute atomic E-state index is 0.108. The summed E-state index contributed by atoms with van der Waals surface area (Å²) in [5.74, 6) is 1.01. The minimum atomic E-state index is -0.108. The molecule has 4 aromatic rings. The molecule has 4 heterocycles. The van der Waals surface area contributed by atoms with Crippen LogP contribution in [0.25, 0.3) is 33.8 Å². The van der Waals surface area contributed by atoms with Gasteiger partial charge in [-0.2, -0.15) is 0 Å². The number of hydrogen-bond acceptors (Lipinski definition) is 6. The molecule has 0 bridgehead atoms. The van der Waals surface area contributed by atoms with Crippen LogP contribution in [-0.2, 0) is 11.3 Å². The average molecular weight is 548 g/mol. The number of nitrogens with two attached hydrogens (primary N) is 1. The number of nitrogens with zero attached hydrogens (tertiary/aromatic N) is 5. The Labute approximate surface area is 241 Å². The molecule has 1 unspecified atom stereocenters. The van der Waals surface area contributed by atoms with Crippen molar-refractivity contribution in [3.8, 4) is 17.1 Å². The van der Waals surface area contributed by atoms with Crippen molar-refractivity contribution >= 4 is 28.5 Å². The number of nitrogen functional groups attached to an aromatic ring is 1. The highest BCUT2D eigenvalue weighted by Crippen LogP contribution is 2.31. The van der Waals surface area contributed by atoms with Crippen LogP contribution in [0.1, 0.15) is 44.4 Å². The second kappa shape index (κ2) is 12.7. The van der Waals surface area contributed by atoms with Crippen LogP contribution in [0.2, 0.25) is 0 Å². The lowest BCUT2D eigenvalue weighted by Crippen LogP contribution is -2.41. The number of rotatable bonds is 8. The zero-order chi connectivity index (χ0) is 28.8. The van der Waals surface area contributed by atoms with Gasteiger partial charge in [-0.05, 0) is 86.8 Å². The molecule has 8 nitrogen and oxygen atoms in total. The lowest BCUT2D eigenvalue weighted by molar-refractivity contribution is -0.117. The number of pyridine rings is 2. The molecule has 1 aromatic carbocycles. The van der Waals surface area contributed by atoms with E-state index in [1.54, 1.807) is 6.20 Å². The van der Waals surface area contributed by atoms with Crippen molar-refractivity contribution in [1.29, 1.82) is 0 Å². The number of carbonyl (C=O) groups is 1. The number of nitrogens with one attached hydrogen (secondary N) is 1. The number of anilines is 1. The molecule has 0 spiro atoms. The van der Waals surface area contributed by atoms with Crippen molar-refractivity contribution in [2.75, 3.05) is 18.8 Å². The molecule has 1 fully saturated rings. The first-order chi connectivity index (χ1) is 20.0. The highest BCUT2D eigenvalue weighted by molar-refractivity contribution is 5.87. The molecule has 210 valence electrons. The summed E-state index contributed by atoms with van der Waals surface area (Å²) >= 11 is 0. The molecule has 1 aliphatic heterocycles. The van der Waals surface area contributed by atoms with Crippen molar-refractivity contribution in [2.45, 2.75) is 45.7 Å². The second-order valence-corrected chi connectivity index (χ2v) is 10.3. The summed E-state index contributed by atoms with van der Waals surface area (Å²) in [4.78, 5) is 28.6. The fraction of sp³-hybridized carbons (Fsp3) is 0.273. The topological polar surface area (TPSA) is 102 Å². The molecular weight excluding hydrogens is 510 g/mol. The summed E-state index contributed by atoms with van der Waals surface area (Å²) in [5.41, 5.74) is 12.7. The van der Waals surface area contributed by atoms with Crippen LogP contribution in [-0.4, -0.2) is 49.5 Å². The Balaban J connectivity index is 1.50. The van der Waals surface area contributed by atoms with E-state index in [1.807, 2.05) is 44.2 Å². The van der Waals surface area contributed by atoms with Crippen LogP contribution >= 0.6 is 0 Å². The number of benzene rings is 1. The van der Waals surface area contributed by atoms with E-state index in [2.05, 4.69) is 62.8 Å². The smallest absolute Gasteiger partial charge is 0.243 e. The third-order valence-corrected chi connectivity index (χ3v) is 7.42. The molecule has 1 aliphatic rings. The molecule has 1 amide bonds. The lowest BCUT2D eigenvalue weighted by atomic mass is 10.1. The van der Waals surface area contributed by atoms with E-state index < -0.39 is 0 Å². The van der Waals surface area contributed by atoms with Gasteiger partial charge < -0.3 is 11.1 Å². The van der Waals surface area contributed by atoms with Crippen molar-refractivity contribution in [2.24, 2.45) is 0 Å². The number of carbonyl (C=O) groups excluding carboxylic acids is 1. The SMILES string of the molecule is C=CC(=O)NC1CCCCN(Cc2ccc(-n3c(-c4cccnc4N)nc4ccc(C(/C=C\C)=C/C)nc43)cc2)C1. The van der Waals surface area contributed by atoms with Crippen LogP contribution in [0.15, 0.2) is 85.6 Å². The number of amides is 1. The van der Waals surface area contributed by atoms with Gasteiger partial charge in [0.05, 0.1) is 11.3 Å². The summed E-state index contributed by atoms with van der Waals surface area (Å²) in [5, 5.41) is 3.08. The van der Waals surface area contributed by atoms with E-state index in [0.29, 0.717) is 11.6 Å². The molecule has 0 aliphatic carbocycles. The van der Waals surface area contributed by atoms with Gasteiger partial charge in [-0.25, -0.2) is 15.0 Å². The number of likely N-dealkylation sites (tertiary alicyclic amines) is 1. The summed E-state index contributed by atoms with van der Waals surface area (Å²) in [6, 6.07) is 16.5. The van der Waals surface area contributed by atoms with Crippen LogP contribution in [0, 0.1) is 0 Å². The van der Waals surface area contributed by atoms with Gasteiger partial charge in [-0.1, -0.05) is 43.4 Å². The first-order valence-electron chi connectivity index (χ1n) is 14.1. The number of aromatic nitrogens is 4. The first-order valence-corrected chi connectivity index (χ1v) is 14.1. The zero-order valence-electron chi connectivity index (χ0n) is 23.8. The quantitative estimate of drug-likeness (QED) is 0.217. The highest BCUT2D eigenvalue weighted by atomic mass is 16.1. The average Bonchev–Trinajstić information content (AvgIpc) is 3.22. The normalized spacial score (nSPS) is 16.6. The number of fused-ring (bicyclic) bond motifs is 1. The van der Waals surface area contributed by atoms with Gasteiger partial charge in [0.2, 0.25) is 5.91 Å². The predicted molar refractivity (Wildman–Crippen MR) is 166 cm³/mol. The van der Waals surface area contributed by atoms with Gasteiger partial charge in [0.25, 0.3) is 0 Å². The molecular formula is C33H37N7O. The van der Waals surface area contributed by atoms with Gasteiger partial charge in [0, 0.05) is 31.0 Å². The Morgan fingerprint density at radius 2 is 1.95 bits per heavy atom. The van der Waals surface area contributed by atoms with Crippen LogP contribution in [0.3, 0.4) is 0 Å². The van der Waals surface area contributed by atoms with Gasteiger partial charge in [0.1, 0.15) is 11.3 Å². The Morgan fingerprint density at radius 1 is 1.12 bits per heavy atom. The van der Waals surface area contributed by atoms with Gasteiger partial charge in [0.15, 0.2) is 11.5 Å². The molecule has 3 N–H and O–H groups in total. The zero-order valence-corrected chi connectivity index (χ0v) is 23.8. The van der Waals surface area contributed by atoms with Gasteiger partial charge >= 0.3 is 0 Å². The fourth-order valence-electron chi connectivity index (χ4n) is 5.41. The van der Waals surface area contributed by atoms with E-state index in [-0.39, 0.29) is 11.9 Å². The maximum atomic E-state index is 11.9. The second-order valence-electron chi connectivity index (χ2n) is 10.3. The molecule has 0 saturated carbocycles. The molecule has 5 rings (SSSR count). The van der Waals surface area contributed by atoms with E-state index >= 15 is 0 Å². The predicted octanol–water partition coefficient (Wildman–Crippen LogP) is 5.70. The molecule has 1 saturated heterocycles. The van der Waals surface area contributed by atoms with Crippen LogP contribution < -0.4 is 11.1 Å². The molecule has 1 atom stereocenters.